The van der Waals surface area contributed by atoms with Crippen LogP contribution in [0.25, 0.3) is 6.08 Å². The van der Waals surface area contributed by atoms with Crippen LogP contribution < -0.4 is 15.0 Å². The van der Waals surface area contributed by atoms with Crippen LogP contribution in [0.2, 0.25) is 15.1 Å². The lowest BCUT2D eigenvalue weighted by Gasteiger charge is -2.27. The quantitative estimate of drug-likeness (QED) is 0.256. The summed E-state index contributed by atoms with van der Waals surface area (Å²) in [4.78, 5) is 39.3. The van der Waals surface area contributed by atoms with Crippen molar-refractivity contribution < 1.29 is 19.1 Å². The summed E-state index contributed by atoms with van der Waals surface area (Å²) in [6.07, 6.45) is 1.34. The third kappa shape index (κ3) is 5.54. The average molecular weight is 595 g/mol. The smallest absolute Gasteiger partial charge is 0.335 e. The van der Waals surface area contributed by atoms with Crippen molar-refractivity contribution in [3.05, 3.63) is 96.4 Å². The van der Waals surface area contributed by atoms with Gasteiger partial charge in [0.25, 0.3) is 11.8 Å². The topological polar surface area (TPSA) is 75.7 Å². The highest BCUT2D eigenvalue weighted by Crippen LogP contribution is 2.30. The van der Waals surface area contributed by atoms with E-state index in [9.17, 15) is 14.4 Å². The summed E-state index contributed by atoms with van der Waals surface area (Å²) in [5.74, 6) is -1.24. The molecule has 0 bridgehead atoms. The summed E-state index contributed by atoms with van der Waals surface area (Å²) in [5, 5.41) is 3.52. The van der Waals surface area contributed by atoms with E-state index in [-0.39, 0.29) is 12.2 Å². The Bertz CT molecular complexity index is 1410. The first-order chi connectivity index (χ1) is 16.6. The Kier molecular flexibility index (Phi) is 7.52. The number of nitrogens with zero attached hydrogens (tertiary/aromatic N) is 1. The second kappa shape index (κ2) is 10.4. The van der Waals surface area contributed by atoms with Crippen molar-refractivity contribution in [2.24, 2.45) is 0 Å². The number of benzene rings is 3. The highest BCUT2D eigenvalue weighted by Gasteiger charge is 2.37. The Balaban J connectivity index is 1.68. The molecule has 1 fully saturated rings. The third-order valence-corrected chi connectivity index (χ3v) is 6.88. The first kappa shape index (κ1) is 25.3. The van der Waals surface area contributed by atoms with Gasteiger partial charge >= 0.3 is 6.03 Å². The monoisotopic (exact) mass is 592 g/mol. The van der Waals surface area contributed by atoms with Crippen molar-refractivity contribution in [1.29, 1.82) is 0 Å². The third-order valence-electron chi connectivity index (χ3n) is 5.17. The number of carbonyl (C=O) groups excluding carboxylic acids is 3. The lowest BCUT2D eigenvalue weighted by molar-refractivity contribution is -0.122. The molecule has 0 spiro atoms. The van der Waals surface area contributed by atoms with Gasteiger partial charge in [-0.1, -0.05) is 56.8 Å². The lowest BCUT2D eigenvalue weighted by Crippen LogP contribution is -2.54. The number of rotatable bonds is 5. The van der Waals surface area contributed by atoms with Crippen molar-refractivity contribution in [3.8, 4) is 5.75 Å². The minimum Gasteiger partial charge on any atom is -0.488 e. The summed E-state index contributed by atoms with van der Waals surface area (Å²) in [6, 6.07) is 14.0. The summed E-state index contributed by atoms with van der Waals surface area (Å²) in [7, 11) is 0. The number of hydrogen-bond donors (Lipinski definition) is 1. The first-order valence-corrected chi connectivity index (χ1v) is 12.1. The van der Waals surface area contributed by atoms with Crippen molar-refractivity contribution >= 4 is 80.3 Å². The van der Waals surface area contributed by atoms with Crippen LogP contribution in [-0.2, 0) is 16.2 Å². The highest BCUT2D eigenvalue weighted by atomic mass is 79.9. The molecule has 1 saturated heterocycles. The molecule has 0 radical (unpaired) electrons. The predicted octanol–water partition coefficient (Wildman–Crippen LogP) is 6.96. The Labute approximate surface area is 224 Å². The molecule has 35 heavy (non-hydrogen) atoms. The molecule has 178 valence electrons. The second-order valence-electron chi connectivity index (χ2n) is 7.60. The van der Waals surface area contributed by atoms with Crippen molar-refractivity contribution in [2.75, 3.05) is 4.90 Å². The molecule has 0 aliphatic carbocycles. The minimum absolute atomic E-state index is 0.108. The zero-order valence-electron chi connectivity index (χ0n) is 18.1. The molecule has 1 aliphatic rings. The van der Waals surface area contributed by atoms with Gasteiger partial charge in [-0.15, -0.1) is 0 Å². The Hall–Kier alpha value is -2.84. The number of halogens is 4. The molecule has 3 aromatic rings. The molecule has 3 aromatic carbocycles. The molecule has 1 N–H and O–H groups in total. The normalized spacial score (nSPS) is 14.9. The number of barbiturate groups is 1. The van der Waals surface area contributed by atoms with Crippen LogP contribution in [0.3, 0.4) is 0 Å². The van der Waals surface area contributed by atoms with Gasteiger partial charge in [-0.3, -0.25) is 14.9 Å². The average Bonchev–Trinajstić information content (AvgIpc) is 2.79. The maximum atomic E-state index is 13.3. The molecular formula is C25H16BrCl3N2O4. The SMILES string of the molecule is Cc1cc(N2C(=O)NC(=O)/C(=C/c3cc(Cl)ccc3OCc3ccc(Cl)cc3Cl)C2=O)ccc1Br. The van der Waals surface area contributed by atoms with Gasteiger partial charge in [-0.2, -0.15) is 0 Å². The van der Waals surface area contributed by atoms with Gasteiger partial charge in [0.2, 0.25) is 0 Å². The minimum atomic E-state index is -0.834. The first-order valence-electron chi connectivity index (χ1n) is 10.2. The van der Waals surface area contributed by atoms with Gasteiger partial charge in [-0.05, 0) is 67.1 Å². The molecule has 0 saturated carbocycles. The standard InChI is InChI=1S/C25H16BrCl3N2O4/c1-13-8-18(5-6-20(13)26)31-24(33)19(23(32)30-25(31)34)10-15-9-16(27)4-7-22(15)35-12-14-2-3-17(28)11-21(14)29/h2-11H,12H2,1H3,(H,30,32,34)/b19-10-. The summed E-state index contributed by atoms with van der Waals surface area (Å²) in [5.41, 5.74) is 1.96. The molecule has 1 aliphatic heterocycles. The van der Waals surface area contributed by atoms with Gasteiger partial charge in [-0.25, -0.2) is 9.69 Å². The number of amides is 4. The Morgan fingerprint density at radius 3 is 2.40 bits per heavy atom. The van der Waals surface area contributed by atoms with Crippen LogP contribution in [0, 0.1) is 6.92 Å². The van der Waals surface area contributed by atoms with E-state index in [2.05, 4.69) is 21.2 Å². The summed E-state index contributed by atoms with van der Waals surface area (Å²) < 4.78 is 6.73. The van der Waals surface area contributed by atoms with Crippen LogP contribution in [0.5, 0.6) is 5.75 Å². The second-order valence-corrected chi connectivity index (χ2v) is 9.73. The van der Waals surface area contributed by atoms with Crippen molar-refractivity contribution in [3.63, 3.8) is 0 Å². The number of nitrogens with one attached hydrogen (secondary N) is 1. The maximum Gasteiger partial charge on any atom is 0.335 e. The van der Waals surface area contributed by atoms with Gasteiger partial charge in [0.15, 0.2) is 0 Å². The molecule has 1 heterocycles. The van der Waals surface area contributed by atoms with Crippen LogP contribution in [-0.4, -0.2) is 17.8 Å². The van der Waals surface area contributed by atoms with E-state index < -0.39 is 17.8 Å². The fourth-order valence-electron chi connectivity index (χ4n) is 3.37. The molecule has 4 rings (SSSR count). The van der Waals surface area contributed by atoms with E-state index >= 15 is 0 Å². The van der Waals surface area contributed by atoms with E-state index in [4.69, 9.17) is 39.5 Å². The lowest BCUT2D eigenvalue weighted by atomic mass is 10.1. The van der Waals surface area contributed by atoms with Crippen LogP contribution >= 0.6 is 50.7 Å². The molecule has 4 amide bonds. The zero-order valence-corrected chi connectivity index (χ0v) is 21.9. The Morgan fingerprint density at radius 1 is 0.971 bits per heavy atom. The van der Waals surface area contributed by atoms with Gasteiger partial charge in [0, 0.05) is 30.7 Å². The molecule has 10 heteroatoms. The molecule has 0 aromatic heterocycles. The number of hydrogen-bond acceptors (Lipinski definition) is 4. The van der Waals surface area contributed by atoms with Gasteiger partial charge < -0.3 is 4.74 Å². The molecular weight excluding hydrogens is 579 g/mol. The number of ether oxygens (including phenoxy) is 1. The zero-order chi connectivity index (χ0) is 25.3. The number of urea groups is 1. The van der Waals surface area contributed by atoms with Crippen molar-refractivity contribution in [2.45, 2.75) is 13.5 Å². The maximum absolute atomic E-state index is 13.3. The van der Waals surface area contributed by atoms with E-state index in [1.165, 1.54) is 6.08 Å². The van der Waals surface area contributed by atoms with E-state index in [0.717, 1.165) is 14.9 Å². The van der Waals surface area contributed by atoms with Gasteiger partial charge in [0.1, 0.15) is 17.9 Å². The predicted molar refractivity (Wildman–Crippen MR) is 140 cm³/mol. The summed E-state index contributed by atoms with van der Waals surface area (Å²) >= 11 is 21.7. The number of aryl methyl sites for hydroxylation is 1. The molecule has 6 nitrogen and oxygen atoms in total. The number of carbonyl (C=O) groups is 3. The molecule has 0 unspecified atom stereocenters. The number of imide groups is 2. The number of anilines is 1. The van der Waals surface area contributed by atoms with Crippen LogP contribution in [0.15, 0.2) is 64.6 Å². The largest absolute Gasteiger partial charge is 0.488 e. The highest BCUT2D eigenvalue weighted by molar-refractivity contribution is 9.10. The fourth-order valence-corrected chi connectivity index (χ4v) is 4.26. The van der Waals surface area contributed by atoms with Crippen molar-refractivity contribution in [1.82, 2.24) is 5.32 Å². The van der Waals surface area contributed by atoms with Crippen LogP contribution in [0.4, 0.5) is 10.5 Å². The van der Waals surface area contributed by atoms with Gasteiger partial charge in [0.05, 0.1) is 5.69 Å². The van der Waals surface area contributed by atoms with E-state index in [1.54, 1.807) is 54.6 Å². The summed E-state index contributed by atoms with van der Waals surface area (Å²) in [6.45, 7) is 1.93. The molecule has 0 atom stereocenters. The van der Waals surface area contributed by atoms with E-state index in [0.29, 0.717) is 37.6 Å². The van der Waals surface area contributed by atoms with E-state index in [1.807, 2.05) is 6.92 Å². The fraction of sp³-hybridized carbons (Fsp3) is 0.0800. The Morgan fingerprint density at radius 2 is 1.69 bits per heavy atom. The van der Waals surface area contributed by atoms with Crippen LogP contribution in [0.1, 0.15) is 16.7 Å².